The molecule has 0 saturated carbocycles. The topological polar surface area (TPSA) is 190 Å². The van der Waals surface area contributed by atoms with Crippen LogP contribution in [0.4, 0.5) is 47.3 Å². The van der Waals surface area contributed by atoms with Crippen molar-refractivity contribution in [3.63, 3.8) is 0 Å². The standard InChI is InChI=1S/C36H27B3N6O6.C18H12B3F3O3/c46-34-19-16-28(43-40-25-10-4-1-5-11-25)22-31(34)37-49-38(32-23-29(17-20-35(32)47)44-41-26-12-6-2-7-13-26)51-39(50-37)33-24-30(18-21-36(33)48)45-42-27-14-8-3-9-15-27;22-16-7-1-13(2-8-16)19-25-20(14-3-9-17(23)10-4-14)27-21(26-19)15-5-11-18(24)12-6-15/h1-24,46-48H;1-12H. The monoisotopic (exact) mass is 1040 g/mol. The minimum absolute atomic E-state index is 0.151. The number of hydrogen-bond acceptors (Lipinski definition) is 15. The van der Waals surface area contributed by atoms with Gasteiger partial charge in [-0.25, -0.2) is 13.2 Å². The molecule has 0 aromatic heterocycles. The van der Waals surface area contributed by atoms with Crippen LogP contribution in [0.2, 0.25) is 0 Å². The fourth-order valence-electron chi connectivity index (χ4n) is 7.85. The SMILES string of the molecule is Fc1ccc(B2OB(c3ccc(F)cc3)OB(c3ccc(F)cc3)O2)cc1.Oc1ccc(N=Nc2ccccc2)cc1B1OB(c2cc(N=Nc3ccccc3)ccc2O)OB(c2cc(N=Nc3ccccc3)ccc2O)O1. The zero-order chi connectivity index (χ0) is 53.8. The van der Waals surface area contributed by atoms with Crippen LogP contribution in [0, 0.1) is 17.5 Å². The number of phenols is 3. The summed E-state index contributed by atoms with van der Waals surface area (Å²) in [6.07, 6.45) is 0. The molecule has 0 spiro atoms. The molecule has 2 heterocycles. The predicted molar refractivity (Wildman–Crippen MR) is 294 cm³/mol. The quantitative estimate of drug-likeness (QED) is 0.0791. The average Bonchev–Trinajstić information content (AvgIpc) is 3.52. The van der Waals surface area contributed by atoms with Gasteiger partial charge in [0.1, 0.15) is 34.7 Å². The fraction of sp³-hybridized carbons (Fsp3) is 0. The molecule has 3 N–H and O–H groups in total. The first kappa shape index (κ1) is 52.6. The van der Waals surface area contributed by atoms with Crippen LogP contribution in [-0.4, -0.2) is 58.0 Å². The number of aromatic hydroxyl groups is 3. The van der Waals surface area contributed by atoms with Crippen molar-refractivity contribution in [3.8, 4) is 17.2 Å². The van der Waals surface area contributed by atoms with Crippen LogP contribution in [0.5, 0.6) is 17.2 Å². The van der Waals surface area contributed by atoms with Gasteiger partial charge in [-0.2, -0.15) is 30.7 Å². The lowest BCUT2D eigenvalue weighted by Crippen LogP contribution is -2.61. The van der Waals surface area contributed by atoms with Crippen LogP contribution in [0.15, 0.2) is 249 Å². The van der Waals surface area contributed by atoms with Gasteiger partial charge in [0.15, 0.2) is 0 Å². The highest BCUT2D eigenvalue weighted by atomic mass is 19.1. The Kier molecular flexibility index (Phi) is 16.7. The summed E-state index contributed by atoms with van der Waals surface area (Å²) in [5.41, 5.74) is 5.57. The van der Waals surface area contributed by atoms with Crippen LogP contribution >= 0.6 is 0 Å². The molecule has 9 aromatic rings. The van der Waals surface area contributed by atoms with Crippen LogP contribution in [0.25, 0.3) is 0 Å². The van der Waals surface area contributed by atoms with E-state index in [0.717, 1.165) is 0 Å². The van der Waals surface area contributed by atoms with Gasteiger partial charge in [-0.15, -0.1) is 0 Å². The Bertz CT molecular complexity index is 3180. The summed E-state index contributed by atoms with van der Waals surface area (Å²) in [7, 11) is -6.35. The van der Waals surface area contributed by atoms with Crippen molar-refractivity contribution in [2.24, 2.45) is 30.7 Å². The van der Waals surface area contributed by atoms with E-state index in [1.807, 2.05) is 91.0 Å². The molecule has 78 heavy (non-hydrogen) atoms. The molecule has 11 rings (SSSR count). The fourth-order valence-corrected chi connectivity index (χ4v) is 7.85. The van der Waals surface area contributed by atoms with Gasteiger partial charge in [-0.05, 0) is 144 Å². The van der Waals surface area contributed by atoms with E-state index in [2.05, 4.69) is 30.7 Å². The molecule has 0 atom stereocenters. The minimum atomic E-state index is -1.27. The van der Waals surface area contributed by atoms with Crippen LogP contribution in [0.1, 0.15) is 0 Å². The van der Waals surface area contributed by atoms with E-state index >= 15 is 0 Å². The van der Waals surface area contributed by atoms with E-state index in [0.29, 0.717) is 50.5 Å². The molecule has 378 valence electrons. The molecule has 24 heteroatoms. The second-order valence-corrected chi connectivity index (χ2v) is 17.3. The Balaban J connectivity index is 0.000000213. The number of azo groups is 3. The Labute approximate surface area is 447 Å². The summed E-state index contributed by atoms with van der Waals surface area (Å²) in [6.45, 7) is 0. The van der Waals surface area contributed by atoms with Crippen molar-refractivity contribution in [1.29, 1.82) is 0 Å². The molecule has 2 aliphatic rings. The van der Waals surface area contributed by atoms with E-state index in [4.69, 9.17) is 27.4 Å². The first-order valence-corrected chi connectivity index (χ1v) is 24.2. The third-order valence-corrected chi connectivity index (χ3v) is 11.8. The second-order valence-electron chi connectivity index (χ2n) is 17.3. The maximum absolute atomic E-state index is 13.2. The number of halogens is 3. The number of rotatable bonds is 12. The summed E-state index contributed by atoms with van der Waals surface area (Å²) < 4.78 is 76.0. The molecule has 0 bridgehead atoms. The van der Waals surface area contributed by atoms with Gasteiger partial charge in [0, 0.05) is 16.4 Å². The van der Waals surface area contributed by atoms with Crippen molar-refractivity contribution in [2.45, 2.75) is 0 Å². The van der Waals surface area contributed by atoms with E-state index in [1.165, 1.54) is 54.6 Å². The highest BCUT2D eigenvalue weighted by Gasteiger charge is 2.47. The van der Waals surface area contributed by atoms with Crippen LogP contribution < -0.4 is 32.8 Å². The van der Waals surface area contributed by atoms with Gasteiger partial charge < -0.3 is 42.8 Å². The molecule has 15 nitrogen and oxygen atoms in total. The van der Waals surface area contributed by atoms with Gasteiger partial charge in [0.2, 0.25) is 0 Å². The molecule has 0 aliphatic carbocycles. The van der Waals surface area contributed by atoms with Gasteiger partial charge in [-0.3, -0.25) is 0 Å². The van der Waals surface area contributed by atoms with Crippen molar-refractivity contribution in [3.05, 3.63) is 236 Å². The molecular weight excluding hydrogens is 998 g/mol. The summed E-state index contributed by atoms with van der Waals surface area (Å²) >= 11 is 0. The summed E-state index contributed by atoms with van der Waals surface area (Å²) in [5.74, 6) is -1.59. The largest absolute Gasteiger partial charge is 0.508 e. The van der Waals surface area contributed by atoms with Gasteiger partial charge in [0.05, 0.1) is 34.1 Å². The highest BCUT2D eigenvalue weighted by molar-refractivity contribution is 6.88. The Morgan fingerprint density at radius 1 is 0.256 bits per heavy atom. The van der Waals surface area contributed by atoms with Crippen molar-refractivity contribution >= 4 is 110 Å². The molecule has 2 fully saturated rings. The first-order chi connectivity index (χ1) is 38.1. The minimum Gasteiger partial charge on any atom is -0.508 e. The van der Waals surface area contributed by atoms with Crippen LogP contribution in [0.3, 0.4) is 0 Å². The van der Waals surface area contributed by atoms with Crippen molar-refractivity contribution in [2.75, 3.05) is 0 Å². The molecule has 0 unspecified atom stereocenters. The average molecular weight is 1040 g/mol. The van der Waals surface area contributed by atoms with E-state index in [9.17, 15) is 28.5 Å². The zero-order valence-corrected chi connectivity index (χ0v) is 40.9. The van der Waals surface area contributed by atoms with E-state index in [1.54, 1.807) is 72.8 Å². The highest BCUT2D eigenvalue weighted by Crippen LogP contribution is 2.27. The molecule has 0 amide bonds. The van der Waals surface area contributed by atoms with Crippen molar-refractivity contribution in [1.82, 2.24) is 0 Å². The Morgan fingerprint density at radius 2 is 0.487 bits per heavy atom. The lowest BCUT2D eigenvalue weighted by Gasteiger charge is -2.32. The molecular formula is C54H39B6F3N6O9. The summed E-state index contributed by atoms with van der Waals surface area (Å²) in [4.78, 5) is 0. The molecule has 0 radical (unpaired) electrons. The maximum Gasteiger partial charge on any atom is 0.470 e. The van der Waals surface area contributed by atoms with E-state index < -0.39 is 42.7 Å². The maximum atomic E-state index is 13.2. The molecule has 2 aliphatic heterocycles. The van der Waals surface area contributed by atoms with Crippen LogP contribution in [-0.2, 0) is 27.4 Å². The van der Waals surface area contributed by atoms with Gasteiger partial charge in [0.25, 0.3) is 0 Å². The number of nitrogens with zero attached hydrogens (tertiary/aromatic N) is 6. The van der Waals surface area contributed by atoms with E-state index in [-0.39, 0.29) is 51.1 Å². The van der Waals surface area contributed by atoms with Gasteiger partial charge >= 0.3 is 42.7 Å². The lowest BCUT2D eigenvalue weighted by atomic mass is 9.61. The van der Waals surface area contributed by atoms with Gasteiger partial charge in [-0.1, -0.05) is 91.0 Å². The summed E-state index contributed by atoms with van der Waals surface area (Å²) in [5, 5.41) is 58.8. The number of phenolic OH excluding ortho intramolecular Hbond substituents is 3. The summed E-state index contributed by atoms with van der Waals surface area (Å²) in [6, 6.07) is 58.6. The Hall–Kier alpha value is -8.88. The normalized spacial score (nSPS) is 13.9. The smallest absolute Gasteiger partial charge is 0.470 e. The molecule has 2 saturated heterocycles. The van der Waals surface area contributed by atoms with Crippen molar-refractivity contribution < 1.29 is 55.9 Å². The molecule has 9 aromatic carbocycles. The lowest BCUT2D eigenvalue weighted by molar-refractivity contribution is 0.305. The third-order valence-electron chi connectivity index (χ3n) is 11.8. The Morgan fingerprint density at radius 3 is 0.744 bits per heavy atom. The zero-order valence-electron chi connectivity index (χ0n) is 40.9. The first-order valence-electron chi connectivity index (χ1n) is 24.2. The third kappa shape index (κ3) is 13.6. The number of benzene rings is 9. The predicted octanol–water partition coefficient (Wildman–Crippen LogP) is 9.25. The second kappa shape index (κ2) is 24.9. The number of hydrogen-bond donors (Lipinski definition) is 3.